The number of anilines is 3. The number of para-hydroxylation sites is 2. The number of fused-ring (bicyclic) bond motifs is 1. The summed E-state index contributed by atoms with van der Waals surface area (Å²) in [4.78, 5) is 26.4. The molecule has 0 bridgehead atoms. The lowest BCUT2D eigenvalue weighted by atomic mass is 10.1. The van der Waals surface area contributed by atoms with Crippen molar-refractivity contribution in [2.75, 3.05) is 23.7 Å². The average molecular weight is 462 g/mol. The van der Waals surface area contributed by atoms with Crippen LogP contribution < -0.4 is 20.7 Å². The molecule has 33 heavy (non-hydrogen) atoms. The maximum Gasteiger partial charge on any atom is 0.260 e. The smallest absolute Gasteiger partial charge is 0.260 e. The van der Waals surface area contributed by atoms with Crippen LogP contribution in [0.5, 0.6) is 5.88 Å². The summed E-state index contributed by atoms with van der Waals surface area (Å²) in [6.07, 6.45) is 5.34. The number of hydrogen-bond acceptors (Lipinski definition) is 9. The number of benzene rings is 1. The number of ether oxygens (including phenoxy) is 1. The fourth-order valence-corrected chi connectivity index (χ4v) is 4.46. The van der Waals surface area contributed by atoms with Crippen LogP contribution in [0.3, 0.4) is 0 Å². The molecule has 10 heteroatoms. The fourth-order valence-electron chi connectivity index (χ4n) is 3.66. The number of nitrogens with zero attached hydrogens (tertiary/aromatic N) is 4. The normalized spacial score (nSPS) is 14.2. The van der Waals surface area contributed by atoms with Gasteiger partial charge in [0.25, 0.3) is 5.91 Å². The molecule has 0 radical (unpaired) electrons. The van der Waals surface area contributed by atoms with Crippen molar-refractivity contribution in [3.8, 4) is 5.88 Å². The molecule has 1 saturated heterocycles. The summed E-state index contributed by atoms with van der Waals surface area (Å²) in [6.45, 7) is 3.71. The first-order valence-corrected chi connectivity index (χ1v) is 11.5. The molecule has 5 rings (SSSR count). The van der Waals surface area contributed by atoms with E-state index in [4.69, 9.17) is 4.74 Å². The van der Waals surface area contributed by atoms with Gasteiger partial charge in [0.05, 0.1) is 40.4 Å². The van der Waals surface area contributed by atoms with E-state index in [0.717, 1.165) is 37.0 Å². The molecule has 1 aliphatic heterocycles. The monoisotopic (exact) mass is 461 g/mol. The van der Waals surface area contributed by atoms with E-state index >= 15 is 0 Å². The van der Waals surface area contributed by atoms with Gasteiger partial charge in [-0.2, -0.15) is 4.37 Å². The first-order valence-electron chi connectivity index (χ1n) is 10.8. The van der Waals surface area contributed by atoms with E-state index in [-0.39, 0.29) is 12.0 Å². The Balaban J connectivity index is 1.28. The quantitative estimate of drug-likeness (QED) is 0.396. The van der Waals surface area contributed by atoms with E-state index in [1.807, 2.05) is 24.3 Å². The Morgan fingerprint density at radius 2 is 1.91 bits per heavy atom. The molecule has 168 valence electrons. The highest BCUT2D eigenvalue weighted by Crippen LogP contribution is 2.29. The van der Waals surface area contributed by atoms with Crippen molar-refractivity contribution in [3.63, 3.8) is 0 Å². The molecular formula is C23H23N7O2S. The van der Waals surface area contributed by atoms with Crippen LogP contribution in [0.2, 0.25) is 0 Å². The highest BCUT2D eigenvalue weighted by molar-refractivity contribution is 7.10. The van der Waals surface area contributed by atoms with E-state index in [1.165, 1.54) is 11.5 Å². The van der Waals surface area contributed by atoms with Crippen LogP contribution in [0.15, 0.2) is 48.8 Å². The highest BCUT2D eigenvalue weighted by atomic mass is 32.1. The van der Waals surface area contributed by atoms with E-state index in [0.29, 0.717) is 33.6 Å². The zero-order valence-electron chi connectivity index (χ0n) is 18.0. The molecule has 1 aromatic carbocycles. The summed E-state index contributed by atoms with van der Waals surface area (Å²) in [5.41, 5.74) is 3.26. The molecule has 4 aromatic rings. The average Bonchev–Trinajstić information content (AvgIpc) is 3.21. The maximum atomic E-state index is 13.0. The van der Waals surface area contributed by atoms with Crippen molar-refractivity contribution in [2.45, 2.75) is 25.9 Å². The van der Waals surface area contributed by atoms with Gasteiger partial charge in [0, 0.05) is 6.07 Å². The number of pyridine rings is 1. The van der Waals surface area contributed by atoms with Crippen molar-refractivity contribution in [1.82, 2.24) is 24.6 Å². The number of rotatable bonds is 6. The third kappa shape index (κ3) is 4.91. The molecule has 0 saturated carbocycles. The van der Waals surface area contributed by atoms with E-state index < -0.39 is 0 Å². The summed E-state index contributed by atoms with van der Waals surface area (Å²) in [5, 5.41) is 10.00. The third-order valence-electron chi connectivity index (χ3n) is 5.35. The van der Waals surface area contributed by atoms with Gasteiger partial charge < -0.3 is 20.7 Å². The third-order valence-corrected chi connectivity index (χ3v) is 6.20. The Morgan fingerprint density at radius 3 is 2.70 bits per heavy atom. The lowest BCUT2D eigenvalue weighted by Crippen LogP contribution is -2.34. The summed E-state index contributed by atoms with van der Waals surface area (Å²) in [5.74, 6) is 0.837. The van der Waals surface area contributed by atoms with Gasteiger partial charge >= 0.3 is 0 Å². The summed E-state index contributed by atoms with van der Waals surface area (Å²) in [6, 6.07) is 11.2. The molecule has 0 aliphatic carbocycles. The lowest BCUT2D eigenvalue weighted by Gasteiger charge is -2.23. The predicted octanol–water partition coefficient (Wildman–Crippen LogP) is 3.92. The van der Waals surface area contributed by atoms with Gasteiger partial charge in [0.1, 0.15) is 16.9 Å². The van der Waals surface area contributed by atoms with Gasteiger partial charge in [0.15, 0.2) is 0 Å². The summed E-state index contributed by atoms with van der Waals surface area (Å²) < 4.78 is 10.3. The minimum Gasteiger partial charge on any atom is -0.474 e. The molecule has 1 aliphatic rings. The number of nitrogens with one attached hydrogen (secondary N) is 3. The van der Waals surface area contributed by atoms with E-state index in [2.05, 4.69) is 35.3 Å². The van der Waals surface area contributed by atoms with Crippen LogP contribution in [-0.4, -0.2) is 44.4 Å². The number of carbonyl (C=O) groups is 1. The second kappa shape index (κ2) is 9.47. The van der Waals surface area contributed by atoms with Crippen LogP contribution in [0.1, 0.15) is 28.9 Å². The van der Waals surface area contributed by atoms with Gasteiger partial charge in [-0.1, -0.05) is 12.1 Å². The molecule has 3 aromatic heterocycles. The molecule has 1 fully saturated rings. The van der Waals surface area contributed by atoms with Gasteiger partial charge in [-0.3, -0.25) is 9.78 Å². The van der Waals surface area contributed by atoms with Crippen LogP contribution in [0.25, 0.3) is 11.0 Å². The SMILES string of the molecule is Cc1nsc(Nc2cnc3ccccc3n2)c1C(=O)Nc1ccc(OC2CCNCC2)nc1. The van der Waals surface area contributed by atoms with Crippen LogP contribution in [-0.2, 0) is 0 Å². The van der Waals surface area contributed by atoms with Crippen LogP contribution in [0.4, 0.5) is 16.5 Å². The minimum atomic E-state index is -0.272. The van der Waals surface area contributed by atoms with Crippen molar-refractivity contribution >= 4 is 45.0 Å². The lowest BCUT2D eigenvalue weighted by molar-refractivity contribution is 0.102. The van der Waals surface area contributed by atoms with Gasteiger partial charge in [-0.25, -0.2) is 9.97 Å². The molecule has 0 atom stereocenters. The van der Waals surface area contributed by atoms with E-state index in [1.54, 1.807) is 31.5 Å². The van der Waals surface area contributed by atoms with Crippen molar-refractivity contribution < 1.29 is 9.53 Å². The topological polar surface area (TPSA) is 114 Å². The number of aromatic nitrogens is 4. The minimum absolute atomic E-state index is 0.172. The Kier molecular flexibility index (Phi) is 6.09. The number of amides is 1. The van der Waals surface area contributed by atoms with Crippen molar-refractivity contribution in [1.29, 1.82) is 0 Å². The molecule has 3 N–H and O–H groups in total. The van der Waals surface area contributed by atoms with Crippen LogP contribution >= 0.6 is 11.5 Å². The zero-order valence-corrected chi connectivity index (χ0v) is 18.9. The van der Waals surface area contributed by atoms with Gasteiger partial charge in [0.2, 0.25) is 5.88 Å². The Morgan fingerprint density at radius 1 is 1.09 bits per heavy atom. The number of carbonyl (C=O) groups excluding carboxylic acids is 1. The standard InChI is InChI=1S/C23H23N7O2S/c1-14-21(23(33-30-14)29-19-13-25-17-4-2-3-5-18(17)28-19)22(31)27-15-6-7-20(26-12-15)32-16-8-10-24-11-9-16/h2-7,12-13,16,24H,8-11H2,1H3,(H,27,31)(H,28,29). The molecule has 0 unspecified atom stereocenters. The largest absolute Gasteiger partial charge is 0.474 e. The Labute approximate surface area is 194 Å². The summed E-state index contributed by atoms with van der Waals surface area (Å²) >= 11 is 1.21. The van der Waals surface area contributed by atoms with Crippen molar-refractivity contribution in [3.05, 3.63) is 60.0 Å². The number of piperidine rings is 1. The second-order valence-corrected chi connectivity index (χ2v) is 8.52. The predicted molar refractivity (Wildman–Crippen MR) is 128 cm³/mol. The van der Waals surface area contributed by atoms with Gasteiger partial charge in [-0.15, -0.1) is 0 Å². The van der Waals surface area contributed by atoms with E-state index in [9.17, 15) is 4.79 Å². The first kappa shape index (κ1) is 21.2. The Hall–Kier alpha value is -3.63. The molecular weight excluding hydrogens is 438 g/mol. The molecule has 0 spiro atoms. The van der Waals surface area contributed by atoms with Gasteiger partial charge in [-0.05, 0) is 62.6 Å². The molecule has 9 nitrogen and oxygen atoms in total. The molecule has 1 amide bonds. The maximum absolute atomic E-state index is 13.0. The zero-order chi connectivity index (χ0) is 22.6. The second-order valence-electron chi connectivity index (χ2n) is 7.75. The number of hydrogen-bond donors (Lipinski definition) is 3. The number of aryl methyl sites for hydroxylation is 1. The fraction of sp³-hybridized carbons (Fsp3) is 0.261. The summed E-state index contributed by atoms with van der Waals surface area (Å²) in [7, 11) is 0. The molecule has 4 heterocycles. The van der Waals surface area contributed by atoms with Crippen LogP contribution in [0, 0.1) is 6.92 Å². The first-order chi connectivity index (χ1) is 16.2. The Bertz CT molecular complexity index is 1270. The van der Waals surface area contributed by atoms with Crippen molar-refractivity contribution in [2.24, 2.45) is 0 Å². The highest BCUT2D eigenvalue weighted by Gasteiger charge is 2.20.